The molecule has 0 aliphatic carbocycles. The Bertz CT molecular complexity index is 2580. The molecule has 3 aromatic heterocycles. The van der Waals surface area contributed by atoms with Gasteiger partial charge in [0.15, 0.2) is 17.5 Å². The van der Waals surface area contributed by atoms with E-state index in [-0.39, 0.29) is 0 Å². The number of pyridine rings is 2. The minimum absolute atomic E-state index is 0.584. The predicted molar refractivity (Wildman–Crippen MR) is 203 cm³/mol. The molecule has 6 aromatic carbocycles. The first-order valence-corrected chi connectivity index (χ1v) is 16.6. The van der Waals surface area contributed by atoms with Gasteiger partial charge in [-0.3, -0.25) is 4.98 Å². The van der Waals surface area contributed by atoms with Gasteiger partial charge in [0, 0.05) is 45.4 Å². The van der Waals surface area contributed by atoms with E-state index in [1.165, 1.54) is 0 Å². The Kier molecular flexibility index (Phi) is 7.41. The van der Waals surface area contributed by atoms with Crippen LogP contribution in [0.15, 0.2) is 176 Å². The monoisotopic (exact) mass is 639 g/mol. The van der Waals surface area contributed by atoms with Gasteiger partial charge in [-0.05, 0) is 58.0 Å². The molecule has 0 aliphatic rings. The average molecular weight is 640 g/mol. The van der Waals surface area contributed by atoms with E-state index < -0.39 is 0 Å². The average Bonchev–Trinajstić information content (AvgIpc) is 3.21. The molecule has 0 radical (unpaired) electrons. The summed E-state index contributed by atoms with van der Waals surface area (Å²) >= 11 is 0. The van der Waals surface area contributed by atoms with Crippen molar-refractivity contribution in [2.75, 3.05) is 0 Å². The maximum absolute atomic E-state index is 5.26. The van der Waals surface area contributed by atoms with Crippen LogP contribution in [0.5, 0.6) is 0 Å². The minimum Gasteiger partial charge on any atom is -0.264 e. The molecule has 50 heavy (non-hydrogen) atoms. The van der Waals surface area contributed by atoms with Crippen LogP contribution in [0, 0.1) is 0 Å². The second kappa shape index (κ2) is 12.6. The third-order valence-electron chi connectivity index (χ3n) is 8.99. The van der Waals surface area contributed by atoms with Gasteiger partial charge >= 0.3 is 0 Å². The lowest BCUT2D eigenvalue weighted by Crippen LogP contribution is -2.01. The molecule has 3 heterocycles. The van der Waals surface area contributed by atoms with Gasteiger partial charge in [0.05, 0.1) is 11.2 Å². The number of benzene rings is 6. The standard InChI is InChI=1S/C45H29N5/c1-4-14-30(15-5-1)36-20-10-11-21-37(36)33-26-34(42-40-29-46-25-24-38(40)39-22-12-13-23-41(39)47-42)28-35(27-33)45-49-43(31-16-6-2-7-17-31)48-44(50-45)32-18-8-3-9-19-32/h1-29H. The number of para-hydroxylation sites is 1. The quantitative estimate of drug-likeness (QED) is 0.169. The van der Waals surface area contributed by atoms with Gasteiger partial charge in [-0.15, -0.1) is 0 Å². The van der Waals surface area contributed by atoms with E-state index in [0.29, 0.717) is 17.5 Å². The number of nitrogens with zero attached hydrogens (tertiary/aromatic N) is 5. The minimum atomic E-state index is 0.584. The fourth-order valence-electron chi connectivity index (χ4n) is 6.61. The highest BCUT2D eigenvalue weighted by atomic mass is 15.0. The largest absolute Gasteiger partial charge is 0.264 e. The second-order valence-corrected chi connectivity index (χ2v) is 12.1. The Morgan fingerprint density at radius 2 is 0.820 bits per heavy atom. The van der Waals surface area contributed by atoms with Crippen LogP contribution in [0.2, 0.25) is 0 Å². The second-order valence-electron chi connectivity index (χ2n) is 12.1. The first-order valence-electron chi connectivity index (χ1n) is 16.6. The molecule has 0 amide bonds. The Balaban J connectivity index is 1.34. The number of hydrogen-bond acceptors (Lipinski definition) is 5. The molecule has 0 N–H and O–H groups in total. The van der Waals surface area contributed by atoms with E-state index in [1.807, 2.05) is 85.2 Å². The van der Waals surface area contributed by atoms with E-state index in [4.69, 9.17) is 19.9 Å². The summed E-state index contributed by atoms with van der Waals surface area (Å²) in [5.41, 5.74) is 9.86. The van der Waals surface area contributed by atoms with Crippen LogP contribution in [0.3, 0.4) is 0 Å². The summed E-state index contributed by atoms with van der Waals surface area (Å²) in [6.45, 7) is 0. The maximum Gasteiger partial charge on any atom is 0.164 e. The SMILES string of the molecule is c1ccc(-c2nc(-c3ccccc3)nc(-c3cc(-c4ccccc4-c4ccccc4)cc(-c4nc5ccccc5c5ccncc45)c3)n2)cc1. The van der Waals surface area contributed by atoms with Crippen molar-refractivity contribution in [3.05, 3.63) is 176 Å². The number of hydrogen-bond donors (Lipinski definition) is 0. The number of fused-ring (bicyclic) bond motifs is 3. The fraction of sp³-hybridized carbons (Fsp3) is 0. The van der Waals surface area contributed by atoms with E-state index in [2.05, 4.69) is 96.0 Å². The molecular formula is C45H29N5. The van der Waals surface area contributed by atoms with Crippen LogP contribution in [0.25, 0.3) is 89.4 Å². The van der Waals surface area contributed by atoms with Gasteiger partial charge in [0.25, 0.3) is 0 Å². The highest BCUT2D eigenvalue weighted by molar-refractivity contribution is 6.10. The zero-order valence-electron chi connectivity index (χ0n) is 27.0. The van der Waals surface area contributed by atoms with E-state index >= 15 is 0 Å². The summed E-state index contributed by atoms with van der Waals surface area (Å²) in [5, 5.41) is 3.18. The summed E-state index contributed by atoms with van der Waals surface area (Å²) in [6, 6.07) is 56.1. The summed E-state index contributed by atoms with van der Waals surface area (Å²) < 4.78 is 0. The van der Waals surface area contributed by atoms with E-state index in [9.17, 15) is 0 Å². The normalized spacial score (nSPS) is 11.2. The molecule has 0 saturated carbocycles. The van der Waals surface area contributed by atoms with Crippen LogP contribution in [0.1, 0.15) is 0 Å². The predicted octanol–water partition coefficient (Wildman–Crippen LogP) is 11.0. The molecule has 0 fully saturated rings. The third-order valence-corrected chi connectivity index (χ3v) is 8.99. The third kappa shape index (κ3) is 5.47. The molecule has 0 atom stereocenters. The molecule has 234 valence electrons. The topological polar surface area (TPSA) is 64.5 Å². The molecule has 9 rings (SSSR count). The van der Waals surface area contributed by atoms with Crippen molar-refractivity contribution < 1.29 is 0 Å². The Morgan fingerprint density at radius 1 is 0.320 bits per heavy atom. The van der Waals surface area contributed by atoms with Crippen molar-refractivity contribution in [1.29, 1.82) is 0 Å². The molecule has 5 heteroatoms. The molecule has 0 aliphatic heterocycles. The molecule has 0 spiro atoms. The zero-order chi connectivity index (χ0) is 33.3. The van der Waals surface area contributed by atoms with Crippen LogP contribution >= 0.6 is 0 Å². The Labute approximate surface area is 289 Å². The lowest BCUT2D eigenvalue weighted by molar-refractivity contribution is 1.07. The maximum atomic E-state index is 5.26. The molecular weight excluding hydrogens is 611 g/mol. The first kappa shape index (κ1) is 29.3. The summed E-state index contributed by atoms with van der Waals surface area (Å²) in [7, 11) is 0. The van der Waals surface area contributed by atoms with Gasteiger partial charge in [-0.2, -0.15) is 0 Å². The summed E-state index contributed by atoms with van der Waals surface area (Å²) in [6.07, 6.45) is 3.76. The van der Waals surface area contributed by atoms with Crippen LogP contribution in [0.4, 0.5) is 0 Å². The highest BCUT2D eigenvalue weighted by Gasteiger charge is 2.18. The van der Waals surface area contributed by atoms with Gasteiger partial charge < -0.3 is 0 Å². The van der Waals surface area contributed by atoms with Gasteiger partial charge in [0.2, 0.25) is 0 Å². The number of aromatic nitrogens is 5. The lowest BCUT2D eigenvalue weighted by atomic mass is 9.91. The van der Waals surface area contributed by atoms with Crippen molar-refractivity contribution in [2.24, 2.45) is 0 Å². The van der Waals surface area contributed by atoms with Gasteiger partial charge in [-0.25, -0.2) is 19.9 Å². The smallest absolute Gasteiger partial charge is 0.164 e. The van der Waals surface area contributed by atoms with Crippen LogP contribution < -0.4 is 0 Å². The van der Waals surface area contributed by atoms with Gasteiger partial charge in [0.1, 0.15) is 0 Å². The van der Waals surface area contributed by atoms with Crippen molar-refractivity contribution in [1.82, 2.24) is 24.9 Å². The first-order chi connectivity index (χ1) is 24.8. The number of rotatable bonds is 6. The van der Waals surface area contributed by atoms with Crippen molar-refractivity contribution in [2.45, 2.75) is 0 Å². The van der Waals surface area contributed by atoms with Crippen molar-refractivity contribution in [3.8, 4) is 67.7 Å². The molecule has 0 saturated heterocycles. The van der Waals surface area contributed by atoms with Crippen LogP contribution in [-0.4, -0.2) is 24.9 Å². The summed E-state index contributed by atoms with van der Waals surface area (Å²) in [5.74, 6) is 1.82. The van der Waals surface area contributed by atoms with E-state index in [0.717, 1.165) is 71.9 Å². The Hall–Kier alpha value is -6.85. The molecule has 5 nitrogen and oxygen atoms in total. The van der Waals surface area contributed by atoms with Crippen molar-refractivity contribution >= 4 is 21.7 Å². The fourth-order valence-corrected chi connectivity index (χ4v) is 6.61. The zero-order valence-corrected chi connectivity index (χ0v) is 27.0. The Morgan fingerprint density at radius 3 is 1.48 bits per heavy atom. The lowest BCUT2D eigenvalue weighted by Gasteiger charge is -2.16. The van der Waals surface area contributed by atoms with Crippen LogP contribution in [-0.2, 0) is 0 Å². The molecule has 0 unspecified atom stereocenters. The van der Waals surface area contributed by atoms with Crippen molar-refractivity contribution in [3.63, 3.8) is 0 Å². The highest BCUT2D eigenvalue weighted by Crippen LogP contribution is 2.39. The summed E-state index contributed by atoms with van der Waals surface area (Å²) in [4.78, 5) is 25.0. The van der Waals surface area contributed by atoms with E-state index in [1.54, 1.807) is 0 Å². The van der Waals surface area contributed by atoms with Gasteiger partial charge in [-0.1, -0.05) is 133 Å². The molecule has 9 aromatic rings. The molecule has 0 bridgehead atoms.